The van der Waals surface area contributed by atoms with Crippen molar-refractivity contribution in [1.82, 2.24) is 15.5 Å². The fourth-order valence-electron chi connectivity index (χ4n) is 6.29. The first-order valence-electron chi connectivity index (χ1n) is 12.8. The molecule has 3 aliphatic rings. The summed E-state index contributed by atoms with van der Waals surface area (Å²) >= 11 is 6.34. The molecule has 0 bridgehead atoms. The Bertz CT molecular complexity index is 577. The van der Waals surface area contributed by atoms with Crippen LogP contribution in [0, 0.1) is 23.2 Å². The second kappa shape index (κ2) is 18.1. The van der Waals surface area contributed by atoms with Crippen LogP contribution >= 0.6 is 11.6 Å². The first-order chi connectivity index (χ1) is 14.3. The molecule has 3 rings (SSSR count). The van der Waals surface area contributed by atoms with E-state index in [1.54, 1.807) is 5.57 Å². The van der Waals surface area contributed by atoms with Crippen molar-refractivity contribution < 1.29 is 21.9 Å². The number of hydrogen-bond donors (Lipinski definition) is 2. The molecule has 214 valence electrons. The minimum atomic E-state index is 0. The largest absolute Gasteiger partial charge is 0.412 e. The Morgan fingerprint density at radius 1 is 1.09 bits per heavy atom. The summed E-state index contributed by atoms with van der Waals surface area (Å²) in [4.78, 5) is 2.75. The molecule has 10 N–H and O–H groups in total. The van der Waals surface area contributed by atoms with E-state index in [9.17, 15) is 0 Å². The highest BCUT2D eigenvalue weighted by molar-refractivity contribution is 6.20. The van der Waals surface area contributed by atoms with Crippen molar-refractivity contribution in [3.63, 3.8) is 0 Å². The molecule has 2 fully saturated rings. The summed E-state index contributed by atoms with van der Waals surface area (Å²) in [6.45, 7) is 17.9. The third-order valence-electron chi connectivity index (χ3n) is 8.10. The van der Waals surface area contributed by atoms with Crippen LogP contribution in [0.4, 0.5) is 0 Å². The number of rotatable bonds is 9. The first-order valence-corrected chi connectivity index (χ1v) is 13.2. The van der Waals surface area contributed by atoms with Gasteiger partial charge in [0.25, 0.3) is 0 Å². The molecule has 1 saturated carbocycles. The van der Waals surface area contributed by atoms with E-state index in [0.717, 1.165) is 30.8 Å². The minimum absolute atomic E-state index is 0. The summed E-state index contributed by atoms with van der Waals surface area (Å²) in [7, 11) is 0. The molecule has 0 amide bonds. The van der Waals surface area contributed by atoms with Crippen molar-refractivity contribution in [1.29, 1.82) is 0 Å². The molecule has 1 heterocycles. The predicted molar refractivity (Wildman–Crippen MR) is 153 cm³/mol. The van der Waals surface area contributed by atoms with E-state index in [1.807, 2.05) is 0 Å². The number of nitrogens with zero attached hydrogens (tertiary/aromatic N) is 1. The second-order valence-electron chi connectivity index (χ2n) is 11.4. The van der Waals surface area contributed by atoms with Crippen molar-refractivity contribution >= 4 is 11.6 Å². The summed E-state index contributed by atoms with van der Waals surface area (Å²) in [5.74, 6) is 2.27. The van der Waals surface area contributed by atoms with E-state index in [4.69, 9.17) is 11.6 Å². The molecule has 35 heavy (non-hydrogen) atoms. The number of nitrogens with one attached hydrogen (secondary N) is 2. The van der Waals surface area contributed by atoms with Crippen molar-refractivity contribution in [3.8, 4) is 0 Å². The van der Waals surface area contributed by atoms with E-state index in [0.29, 0.717) is 22.8 Å². The van der Waals surface area contributed by atoms with Gasteiger partial charge in [0, 0.05) is 30.6 Å². The van der Waals surface area contributed by atoms with Crippen LogP contribution in [-0.2, 0) is 0 Å². The fourth-order valence-corrected chi connectivity index (χ4v) is 6.49. The zero-order valence-electron chi connectivity index (χ0n) is 22.4. The topological polar surface area (TPSA) is 153 Å². The highest BCUT2D eigenvalue weighted by Crippen LogP contribution is 2.43. The fraction of sp³-hybridized carbons (Fsp3) is 0.926. The maximum Gasteiger partial charge on any atom is 0.0373 e. The van der Waals surface area contributed by atoms with Crippen LogP contribution in [0.15, 0.2) is 11.6 Å². The average molecular weight is 526 g/mol. The van der Waals surface area contributed by atoms with Crippen LogP contribution < -0.4 is 10.6 Å². The summed E-state index contributed by atoms with van der Waals surface area (Å²) in [5.41, 5.74) is 2.06. The van der Waals surface area contributed by atoms with Gasteiger partial charge in [0.05, 0.1) is 0 Å². The van der Waals surface area contributed by atoms with Crippen LogP contribution in [0.3, 0.4) is 0 Å². The smallest absolute Gasteiger partial charge is 0.0373 e. The van der Waals surface area contributed by atoms with Crippen LogP contribution in [0.25, 0.3) is 0 Å². The maximum atomic E-state index is 6.34. The highest BCUT2D eigenvalue weighted by atomic mass is 35.5. The summed E-state index contributed by atoms with van der Waals surface area (Å²) in [6.07, 6.45) is 11.3. The van der Waals surface area contributed by atoms with Crippen molar-refractivity contribution in [3.05, 3.63) is 11.6 Å². The Hall–Kier alpha value is -0.250. The van der Waals surface area contributed by atoms with E-state index in [1.165, 1.54) is 64.7 Å². The monoisotopic (exact) mass is 525 g/mol. The lowest BCUT2D eigenvalue weighted by molar-refractivity contribution is 0.0594. The van der Waals surface area contributed by atoms with Gasteiger partial charge in [0.15, 0.2) is 0 Å². The average Bonchev–Trinajstić information content (AvgIpc) is 3.13. The van der Waals surface area contributed by atoms with Gasteiger partial charge in [0.1, 0.15) is 0 Å². The first kappa shape index (κ1) is 39.3. The third-order valence-corrected chi connectivity index (χ3v) is 8.50. The van der Waals surface area contributed by atoms with Gasteiger partial charge in [-0.15, -0.1) is 11.6 Å². The van der Waals surface area contributed by atoms with Crippen LogP contribution in [0.1, 0.15) is 87.0 Å². The van der Waals surface area contributed by atoms with Crippen molar-refractivity contribution in [2.75, 3.05) is 32.7 Å². The molecule has 7 nitrogen and oxygen atoms in total. The van der Waals surface area contributed by atoms with E-state index < -0.39 is 0 Å². The summed E-state index contributed by atoms with van der Waals surface area (Å²) in [5, 5.41) is 7.99. The van der Waals surface area contributed by atoms with Crippen molar-refractivity contribution in [2.45, 2.75) is 104 Å². The Balaban J connectivity index is -0.00000205. The maximum absolute atomic E-state index is 6.34. The quantitative estimate of drug-likeness (QED) is 0.351. The zero-order chi connectivity index (χ0) is 21.7. The molecule has 0 aromatic rings. The molecule has 2 aliphatic carbocycles. The molecule has 0 aromatic carbocycles. The Morgan fingerprint density at radius 2 is 1.77 bits per heavy atom. The summed E-state index contributed by atoms with van der Waals surface area (Å²) in [6, 6.07) is 1.35. The zero-order valence-corrected chi connectivity index (χ0v) is 23.1. The van der Waals surface area contributed by atoms with E-state index in [-0.39, 0.29) is 29.3 Å². The molecule has 1 saturated heterocycles. The van der Waals surface area contributed by atoms with E-state index in [2.05, 4.69) is 56.2 Å². The van der Waals surface area contributed by atoms with Crippen molar-refractivity contribution in [2.24, 2.45) is 23.2 Å². The SMILES string of the molecule is C.CCN[C@H]1CC[C@@H](CN[C@@H](CN2CCC(C3=CCC(Cl)CC3)C(C)(C)C2)C(C)C)C1.O.O.O.O. The van der Waals surface area contributed by atoms with Gasteiger partial charge in [-0.2, -0.15) is 0 Å². The van der Waals surface area contributed by atoms with E-state index >= 15 is 0 Å². The van der Waals surface area contributed by atoms with Gasteiger partial charge in [0.2, 0.25) is 0 Å². The van der Waals surface area contributed by atoms with Gasteiger partial charge in [-0.25, -0.2) is 0 Å². The number of likely N-dealkylation sites (tertiary alicyclic amines) is 1. The molecule has 8 heteroatoms. The summed E-state index contributed by atoms with van der Waals surface area (Å²) < 4.78 is 0. The molecule has 0 radical (unpaired) electrons. The lowest BCUT2D eigenvalue weighted by Crippen LogP contribution is -2.52. The standard InChI is InChI=1S/C26H48ClN3.CH4.4H2O/c1-6-28-23-12-7-20(15-23)16-29-25(19(2)3)17-30-14-13-24(26(4,5)18-30)21-8-10-22(27)11-9-21;;;;;/h8,19-20,22-25,28-29H,6-7,9-18H2,1-5H3;1H4;4*1H2/t20-,22?,23+,24?,25+;;;;;/m1...../s1. The van der Waals surface area contributed by atoms with Gasteiger partial charge >= 0.3 is 0 Å². The number of allylic oxidation sites excluding steroid dienone is 2. The molecule has 2 unspecified atom stereocenters. The Morgan fingerprint density at radius 3 is 2.31 bits per heavy atom. The number of halogens is 1. The molecule has 5 atom stereocenters. The number of alkyl halides is 1. The number of piperidine rings is 1. The van der Waals surface area contributed by atoms with Gasteiger partial charge in [-0.05, 0) is 87.7 Å². The highest BCUT2D eigenvalue weighted by Gasteiger charge is 2.39. The molecule has 0 spiro atoms. The van der Waals surface area contributed by atoms with Crippen LogP contribution in [0.2, 0.25) is 0 Å². The number of hydrogen-bond acceptors (Lipinski definition) is 3. The van der Waals surface area contributed by atoms with Gasteiger partial charge in [-0.3, -0.25) is 0 Å². The molecular weight excluding hydrogens is 466 g/mol. The Kier molecular flexibility index (Phi) is 20.3. The molecule has 0 aromatic heterocycles. The van der Waals surface area contributed by atoms with Crippen LogP contribution in [-0.4, -0.2) is 77.0 Å². The normalized spacial score (nSPS) is 28.8. The van der Waals surface area contributed by atoms with Gasteiger partial charge in [-0.1, -0.05) is 53.7 Å². The minimum Gasteiger partial charge on any atom is -0.412 e. The predicted octanol–water partition coefficient (Wildman–Crippen LogP) is 2.78. The lowest BCUT2D eigenvalue weighted by Gasteiger charge is -2.47. The Labute approximate surface area is 221 Å². The van der Waals surface area contributed by atoms with Crippen LogP contribution in [0.5, 0.6) is 0 Å². The van der Waals surface area contributed by atoms with Gasteiger partial charge < -0.3 is 37.4 Å². The second-order valence-corrected chi connectivity index (χ2v) is 12.0. The lowest BCUT2D eigenvalue weighted by atomic mass is 9.68. The molecular formula is C27H60ClN3O4. The third kappa shape index (κ3) is 11.3. The molecule has 1 aliphatic heterocycles.